The van der Waals surface area contributed by atoms with E-state index in [-0.39, 0.29) is 28.8 Å². The summed E-state index contributed by atoms with van der Waals surface area (Å²) in [5.41, 5.74) is -0.292. The molecule has 0 bridgehead atoms. The minimum absolute atomic E-state index is 0.292. The monoisotopic (exact) mass is 344 g/mol. The average molecular weight is 345 g/mol. The Hall–Kier alpha value is -1.31. The number of ether oxygens (including phenoxy) is 1. The highest BCUT2D eigenvalue weighted by atomic mass is 79.9. The first-order valence-electron chi connectivity index (χ1n) is 5.13. The third-order valence-corrected chi connectivity index (χ3v) is 2.91. The topological polar surface area (TPSA) is 46.5 Å². The molecule has 0 amide bonds. The molecule has 1 aromatic carbocycles. The predicted molar refractivity (Wildman–Crippen MR) is 61.8 cm³/mol. The quantitative estimate of drug-likeness (QED) is 0.648. The summed E-state index contributed by atoms with van der Waals surface area (Å²) in [5, 5.41) is 8.72. The molecule has 19 heavy (non-hydrogen) atoms. The van der Waals surface area contributed by atoms with Gasteiger partial charge in [-0.2, -0.15) is 13.2 Å². The van der Waals surface area contributed by atoms with Crippen LogP contribution in [0.15, 0.2) is 16.6 Å². The van der Waals surface area contributed by atoms with Crippen LogP contribution in [-0.4, -0.2) is 23.9 Å². The van der Waals surface area contributed by atoms with E-state index in [1.54, 1.807) is 0 Å². The van der Waals surface area contributed by atoms with Gasteiger partial charge in [0.25, 0.3) is 0 Å². The minimum Gasteiger partial charge on any atom is -0.490 e. The van der Waals surface area contributed by atoms with Crippen LogP contribution in [0.4, 0.5) is 17.6 Å². The van der Waals surface area contributed by atoms with Gasteiger partial charge in [-0.3, -0.25) is 0 Å². The number of hydrogen-bond acceptors (Lipinski definition) is 2. The molecule has 0 heterocycles. The SMILES string of the molecule is O=C(O)c1ccc(OCCCC(F)(F)F)c(F)c1Br. The summed E-state index contributed by atoms with van der Waals surface area (Å²) in [6.07, 6.45) is -5.61. The van der Waals surface area contributed by atoms with E-state index in [0.717, 1.165) is 12.1 Å². The molecule has 1 N–H and O–H groups in total. The number of rotatable bonds is 5. The number of carbonyl (C=O) groups is 1. The Bertz CT molecular complexity index is 474. The van der Waals surface area contributed by atoms with Gasteiger partial charge < -0.3 is 9.84 Å². The first-order valence-corrected chi connectivity index (χ1v) is 5.92. The second-order valence-electron chi connectivity index (χ2n) is 3.61. The smallest absolute Gasteiger partial charge is 0.389 e. The highest BCUT2D eigenvalue weighted by molar-refractivity contribution is 9.10. The molecule has 0 fully saturated rings. The molecule has 3 nitrogen and oxygen atoms in total. The molecule has 0 aliphatic heterocycles. The van der Waals surface area contributed by atoms with Gasteiger partial charge in [0.2, 0.25) is 0 Å². The molecule has 0 saturated heterocycles. The van der Waals surface area contributed by atoms with E-state index in [4.69, 9.17) is 9.84 Å². The van der Waals surface area contributed by atoms with Gasteiger partial charge in [0.15, 0.2) is 11.6 Å². The molecule has 0 radical (unpaired) electrons. The number of carboxylic acid groups (broad SMARTS) is 1. The molecular weight excluding hydrogens is 336 g/mol. The lowest BCUT2D eigenvalue weighted by atomic mass is 10.2. The van der Waals surface area contributed by atoms with E-state index < -0.39 is 24.4 Å². The summed E-state index contributed by atoms with van der Waals surface area (Å²) >= 11 is 2.76. The normalized spacial score (nSPS) is 11.4. The van der Waals surface area contributed by atoms with Crippen molar-refractivity contribution in [2.24, 2.45) is 0 Å². The molecule has 0 aliphatic rings. The summed E-state index contributed by atoms with van der Waals surface area (Å²) in [5.74, 6) is -2.57. The van der Waals surface area contributed by atoms with Crippen LogP contribution in [0.5, 0.6) is 5.75 Å². The van der Waals surface area contributed by atoms with Crippen molar-refractivity contribution in [1.29, 1.82) is 0 Å². The largest absolute Gasteiger partial charge is 0.490 e. The molecular formula is C11H9BrF4O3. The Labute approximate surface area is 114 Å². The molecule has 0 aliphatic carbocycles. The van der Waals surface area contributed by atoms with Crippen molar-refractivity contribution in [3.05, 3.63) is 28.0 Å². The van der Waals surface area contributed by atoms with Crippen molar-refractivity contribution in [3.8, 4) is 5.75 Å². The summed E-state index contributed by atoms with van der Waals surface area (Å²) in [6.45, 7) is -0.310. The Balaban J connectivity index is 2.66. The maximum Gasteiger partial charge on any atom is 0.389 e. The molecule has 0 atom stereocenters. The maximum absolute atomic E-state index is 13.6. The van der Waals surface area contributed by atoms with Crippen LogP contribution >= 0.6 is 15.9 Å². The first kappa shape index (κ1) is 15.7. The van der Waals surface area contributed by atoms with E-state index in [9.17, 15) is 22.4 Å². The van der Waals surface area contributed by atoms with Crippen molar-refractivity contribution in [1.82, 2.24) is 0 Å². The number of alkyl halides is 3. The van der Waals surface area contributed by atoms with Gasteiger partial charge in [-0.15, -0.1) is 0 Å². The van der Waals surface area contributed by atoms with Crippen molar-refractivity contribution in [2.45, 2.75) is 19.0 Å². The molecule has 8 heteroatoms. The second-order valence-corrected chi connectivity index (χ2v) is 4.40. The van der Waals surface area contributed by atoms with Crippen LogP contribution in [0, 0.1) is 5.82 Å². The van der Waals surface area contributed by atoms with E-state index in [1.807, 2.05) is 0 Å². The Kier molecular flexibility index (Phi) is 5.16. The van der Waals surface area contributed by atoms with Crippen molar-refractivity contribution >= 4 is 21.9 Å². The summed E-state index contributed by atoms with van der Waals surface area (Å²) in [7, 11) is 0. The van der Waals surface area contributed by atoms with Gasteiger partial charge in [0.05, 0.1) is 16.6 Å². The van der Waals surface area contributed by atoms with E-state index in [1.165, 1.54) is 0 Å². The third-order valence-electron chi connectivity index (χ3n) is 2.14. The van der Waals surface area contributed by atoms with E-state index >= 15 is 0 Å². The van der Waals surface area contributed by atoms with Crippen LogP contribution in [0.25, 0.3) is 0 Å². The summed E-state index contributed by atoms with van der Waals surface area (Å²) < 4.78 is 53.8. The van der Waals surface area contributed by atoms with Gasteiger partial charge >= 0.3 is 12.1 Å². The zero-order valence-electron chi connectivity index (χ0n) is 9.43. The second kappa shape index (κ2) is 6.23. The number of benzene rings is 1. The van der Waals surface area contributed by atoms with Crippen LogP contribution in [0.3, 0.4) is 0 Å². The van der Waals surface area contributed by atoms with Crippen molar-refractivity contribution < 1.29 is 32.2 Å². The number of hydrogen-bond donors (Lipinski definition) is 1. The summed E-state index contributed by atoms with van der Waals surface area (Å²) in [4.78, 5) is 10.7. The van der Waals surface area contributed by atoms with Crippen LogP contribution in [0.1, 0.15) is 23.2 Å². The molecule has 0 spiro atoms. The third kappa shape index (κ3) is 4.70. The fourth-order valence-electron chi connectivity index (χ4n) is 1.26. The molecule has 0 saturated carbocycles. The Morgan fingerprint density at radius 1 is 1.37 bits per heavy atom. The lowest BCUT2D eigenvalue weighted by Crippen LogP contribution is -2.10. The van der Waals surface area contributed by atoms with Gasteiger partial charge in [-0.1, -0.05) is 0 Å². The zero-order valence-corrected chi connectivity index (χ0v) is 11.0. The predicted octanol–water partition coefficient (Wildman–Crippen LogP) is 4.01. The molecule has 1 rings (SSSR count). The van der Waals surface area contributed by atoms with Crippen LogP contribution in [-0.2, 0) is 0 Å². The molecule has 0 aromatic heterocycles. The molecule has 106 valence electrons. The maximum atomic E-state index is 13.6. The van der Waals surface area contributed by atoms with Gasteiger partial charge in [0.1, 0.15) is 0 Å². The fourth-order valence-corrected chi connectivity index (χ4v) is 1.76. The first-order chi connectivity index (χ1) is 8.72. The van der Waals surface area contributed by atoms with E-state index in [0.29, 0.717) is 0 Å². The Morgan fingerprint density at radius 2 is 2.00 bits per heavy atom. The number of halogens is 5. The zero-order chi connectivity index (χ0) is 14.6. The average Bonchev–Trinajstić information content (AvgIpc) is 2.28. The number of aromatic carboxylic acids is 1. The highest BCUT2D eigenvalue weighted by Gasteiger charge is 2.26. The lowest BCUT2D eigenvalue weighted by molar-refractivity contribution is -0.136. The van der Waals surface area contributed by atoms with Gasteiger partial charge in [-0.25, -0.2) is 9.18 Å². The fraction of sp³-hybridized carbons (Fsp3) is 0.364. The van der Waals surface area contributed by atoms with Crippen LogP contribution < -0.4 is 4.74 Å². The minimum atomic E-state index is -4.28. The number of carboxylic acids is 1. The van der Waals surface area contributed by atoms with Gasteiger partial charge in [-0.05, 0) is 34.5 Å². The van der Waals surface area contributed by atoms with Crippen molar-refractivity contribution in [2.75, 3.05) is 6.61 Å². The Morgan fingerprint density at radius 3 is 2.53 bits per heavy atom. The molecule has 0 unspecified atom stereocenters. The standard InChI is InChI=1S/C11H9BrF4O3/c12-8-6(10(17)18)2-3-7(9(8)13)19-5-1-4-11(14,15)16/h2-3H,1,4-5H2,(H,17,18). The summed E-state index contributed by atoms with van der Waals surface area (Å²) in [6, 6.07) is 2.17. The van der Waals surface area contributed by atoms with Gasteiger partial charge in [0, 0.05) is 6.42 Å². The lowest BCUT2D eigenvalue weighted by Gasteiger charge is -2.10. The van der Waals surface area contributed by atoms with Crippen molar-refractivity contribution in [3.63, 3.8) is 0 Å². The van der Waals surface area contributed by atoms with Crippen LogP contribution in [0.2, 0.25) is 0 Å². The highest BCUT2D eigenvalue weighted by Crippen LogP contribution is 2.29. The van der Waals surface area contributed by atoms with E-state index in [2.05, 4.69) is 15.9 Å². The molecule has 1 aromatic rings.